The number of nitrogens with zero attached hydrogens (tertiary/aromatic N) is 1. The monoisotopic (exact) mass is 438 g/mol. The van der Waals surface area contributed by atoms with Crippen LogP contribution in [0.2, 0.25) is 0 Å². The number of fused-ring (bicyclic) bond motifs is 1. The Hall–Kier alpha value is -3.09. The maximum absolute atomic E-state index is 14.1. The van der Waals surface area contributed by atoms with Crippen LogP contribution in [0, 0.1) is 5.82 Å². The van der Waals surface area contributed by atoms with Gasteiger partial charge in [0, 0.05) is 37.4 Å². The van der Waals surface area contributed by atoms with Gasteiger partial charge < -0.3 is 19.7 Å². The van der Waals surface area contributed by atoms with Crippen molar-refractivity contribution < 1.29 is 23.5 Å². The van der Waals surface area contributed by atoms with Crippen molar-refractivity contribution in [2.75, 3.05) is 19.9 Å². The van der Waals surface area contributed by atoms with Gasteiger partial charge >= 0.3 is 0 Å². The van der Waals surface area contributed by atoms with E-state index in [1.165, 1.54) is 6.07 Å². The maximum atomic E-state index is 14.1. The number of halogens is 1. The van der Waals surface area contributed by atoms with Gasteiger partial charge in [-0.15, -0.1) is 0 Å². The van der Waals surface area contributed by atoms with Gasteiger partial charge in [0.05, 0.1) is 0 Å². The summed E-state index contributed by atoms with van der Waals surface area (Å²) in [5, 5.41) is 3.14. The molecule has 0 unspecified atom stereocenters. The maximum Gasteiger partial charge on any atom is 0.231 e. The number of benzene rings is 2. The van der Waals surface area contributed by atoms with E-state index in [0.29, 0.717) is 56.5 Å². The van der Waals surface area contributed by atoms with Gasteiger partial charge in [0.1, 0.15) is 5.82 Å². The van der Waals surface area contributed by atoms with E-state index >= 15 is 0 Å². The lowest BCUT2D eigenvalue weighted by Gasteiger charge is -2.30. The molecular formula is C25H27FN2O4. The minimum absolute atomic E-state index is 0.0268. The Morgan fingerprint density at radius 1 is 1.19 bits per heavy atom. The molecule has 0 aromatic heterocycles. The van der Waals surface area contributed by atoms with Crippen molar-refractivity contribution in [1.82, 2.24) is 10.2 Å². The molecule has 0 bridgehead atoms. The lowest BCUT2D eigenvalue weighted by molar-refractivity contribution is -0.131. The molecular weight excluding hydrogens is 411 g/mol. The molecule has 2 aromatic carbocycles. The third-order valence-electron chi connectivity index (χ3n) is 6.92. The highest BCUT2D eigenvalue weighted by molar-refractivity contribution is 5.80. The average molecular weight is 438 g/mol. The quantitative estimate of drug-likeness (QED) is 0.749. The molecule has 3 heterocycles. The number of hydrogen-bond donors (Lipinski definition) is 1. The van der Waals surface area contributed by atoms with E-state index in [-0.39, 0.29) is 30.3 Å². The predicted molar refractivity (Wildman–Crippen MR) is 116 cm³/mol. The third kappa shape index (κ3) is 4.16. The molecule has 0 aliphatic carbocycles. The minimum atomic E-state index is -0.439. The Labute approximate surface area is 186 Å². The summed E-state index contributed by atoms with van der Waals surface area (Å²) in [6, 6.07) is 12.6. The summed E-state index contributed by atoms with van der Waals surface area (Å²) in [7, 11) is 0. The number of amides is 2. The molecule has 6 nitrogen and oxygen atoms in total. The molecule has 3 aliphatic heterocycles. The number of carbonyl (C=O) groups excluding carboxylic acids is 2. The smallest absolute Gasteiger partial charge is 0.231 e. The van der Waals surface area contributed by atoms with Crippen LogP contribution in [-0.4, -0.2) is 42.1 Å². The molecule has 3 aliphatic rings. The first-order valence-electron chi connectivity index (χ1n) is 11.2. The standard InChI is InChI=1S/C25H27FN2O4/c26-20-4-2-1-3-19(20)18-9-12-28(15-18)24(30)8-11-25(10-7-23(29)27-25)14-17-5-6-21-22(13-17)32-16-31-21/h1-6,13,18H,7-12,14-16H2,(H,27,29)/t18-,25+/m0/s1. The van der Waals surface area contributed by atoms with Crippen LogP contribution in [0.25, 0.3) is 0 Å². The Kier molecular flexibility index (Phi) is 5.49. The fourth-order valence-corrected chi connectivity index (χ4v) is 5.17. The molecule has 2 aromatic rings. The second kappa shape index (κ2) is 8.45. The van der Waals surface area contributed by atoms with E-state index in [0.717, 1.165) is 17.7 Å². The van der Waals surface area contributed by atoms with Crippen molar-refractivity contribution in [1.29, 1.82) is 0 Å². The van der Waals surface area contributed by atoms with E-state index in [9.17, 15) is 14.0 Å². The summed E-state index contributed by atoms with van der Waals surface area (Å²) in [5.41, 5.74) is 1.29. The van der Waals surface area contributed by atoms with Gasteiger partial charge in [0.2, 0.25) is 18.6 Å². The summed E-state index contributed by atoms with van der Waals surface area (Å²) in [6.45, 7) is 1.40. The Balaban J connectivity index is 1.23. The molecule has 32 heavy (non-hydrogen) atoms. The molecule has 0 saturated carbocycles. The van der Waals surface area contributed by atoms with E-state index in [4.69, 9.17) is 9.47 Å². The molecule has 7 heteroatoms. The van der Waals surface area contributed by atoms with Crippen LogP contribution in [0.3, 0.4) is 0 Å². The molecule has 168 valence electrons. The van der Waals surface area contributed by atoms with Gasteiger partial charge in [-0.05, 0) is 55.0 Å². The van der Waals surface area contributed by atoms with Crippen LogP contribution >= 0.6 is 0 Å². The summed E-state index contributed by atoms with van der Waals surface area (Å²) in [5.74, 6) is 1.37. The molecule has 5 rings (SSSR count). The normalized spacial score (nSPS) is 24.1. The van der Waals surface area contributed by atoms with Crippen molar-refractivity contribution in [2.24, 2.45) is 0 Å². The first-order chi connectivity index (χ1) is 15.5. The van der Waals surface area contributed by atoms with E-state index in [1.54, 1.807) is 6.07 Å². The van der Waals surface area contributed by atoms with Crippen LogP contribution in [0.5, 0.6) is 11.5 Å². The minimum Gasteiger partial charge on any atom is -0.454 e. The van der Waals surface area contributed by atoms with Crippen LogP contribution in [0.1, 0.15) is 49.1 Å². The van der Waals surface area contributed by atoms with E-state index in [1.807, 2.05) is 35.2 Å². The summed E-state index contributed by atoms with van der Waals surface area (Å²) in [4.78, 5) is 26.9. The zero-order chi connectivity index (χ0) is 22.1. The lowest BCUT2D eigenvalue weighted by atomic mass is 9.84. The van der Waals surface area contributed by atoms with Crippen molar-refractivity contribution in [2.45, 2.75) is 50.0 Å². The first kappa shape index (κ1) is 20.8. The SMILES string of the molecule is O=C1CC[C@@](CCC(=O)N2CC[C@H](c3ccccc3F)C2)(Cc2ccc3c(c2)OCO3)N1. The van der Waals surface area contributed by atoms with E-state index in [2.05, 4.69) is 5.32 Å². The van der Waals surface area contributed by atoms with E-state index < -0.39 is 5.54 Å². The largest absolute Gasteiger partial charge is 0.454 e. The van der Waals surface area contributed by atoms with Gasteiger partial charge in [-0.25, -0.2) is 4.39 Å². The van der Waals surface area contributed by atoms with Gasteiger partial charge in [0.25, 0.3) is 0 Å². The highest BCUT2D eigenvalue weighted by atomic mass is 19.1. The number of likely N-dealkylation sites (tertiary alicyclic amines) is 1. The Morgan fingerprint density at radius 3 is 2.84 bits per heavy atom. The van der Waals surface area contributed by atoms with Gasteiger partial charge in [-0.2, -0.15) is 0 Å². The summed E-state index contributed by atoms with van der Waals surface area (Å²) < 4.78 is 25.0. The van der Waals surface area contributed by atoms with Gasteiger partial charge in [0.15, 0.2) is 11.5 Å². The number of nitrogens with one attached hydrogen (secondary N) is 1. The highest BCUT2D eigenvalue weighted by Crippen LogP contribution is 2.36. The van der Waals surface area contributed by atoms with Crippen molar-refractivity contribution >= 4 is 11.8 Å². The lowest BCUT2D eigenvalue weighted by Crippen LogP contribution is -2.44. The molecule has 1 N–H and O–H groups in total. The third-order valence-corrected chi connectivity index (χ3v) is 6.92. The average Bonchev–Trinajstić information content (AvgIpc) is 3.53. The Bertz CT molecular complexity index is 1040. The molecule has 2 fully saturated rings. The zero-order valence-electron chi connectivity index (χ0n) is 17.9. The first-order valence-corrected chi connectivity index (χ1v) is 11.2. The van der Waals surface area contributed by atoms with Crippen molar-refractivity contribution in [3.63, 3.8) is 0 Å². The second-order valence-electron chi connectivity index (χ2n) is 9.04. The van der Waals surface area contributed by atoms with Crippen LogP contribution in [0.15, 0.2) is 42.5 Å². The summed E-state index contributed by atoms with van der Waals surface area (Å²) in [6.07, 6.45) is 3.51. The fraction of sp³-hybridized carbons (Fsp3) is 0.440. The van der Waals surface area contributed by atoms with Crippen molar-refractivity contribution in [3.05, 3.63) is 59.4 Å². The number of ether oxygens (including phenoxy) is 2. The molecule has 0 spiro atoms. The van der Waals surface area contributed by atoms with Gasteiger partial charge in [-0.3, -0.25) is 9.59 Å². The van der Waals surface area contributed by atoms with Crippen molar-refractivity contribution in [3.8, 4) is 11.5 Å². The number of hydrogen-bond acceptors (Lipinski definition) is 4. The number of rotatable bonds is 6. The number of carbonyl (C=O) groups is 2. The molecule has 2 amide bonds. The van der Waals surface area contributed by atoms with Crippen LogP contribution < -0.4 is 14.8 Å². The molecule has 2 saturated heterocycles. The topological polar surface area (TPSA) is 67.9 Å². The predicted octanol–water partition coefficient (Wildman–Crippen LogP) is 3.54. The highest BCUT2D eigenvalue weighted by Gasteiger charge is 2.39. The summed E-state index contributed by atoms with van der Waals surface area (Å²) >= 11 is 0. The second-order valence-corrected chi connectivity index (χ2v) is 9.04. The zero-order valence-corrected chi connectivity index (χ0v) is 17.9. The van der Waals surface area contributed by atoms with Gasteiger partial charge in [-0.1, -0.05) is 24.3 Å². The van der Waals surface area contributed by atoms with Crippen LogP contribution in [0.4, 0.5) is 4.39 Å². The molecule has 2 atom stereocenters. The fourth-order valence-electron chi connectivity index (χ4n) is 5.17. The van der Waals surface area contributed by atoms with Crippen LogP contribution in [-0.2, 0) is 16.0 Å². The molecule has 0 radical (unpaired) electrons. The Morgan fingerprint density at radius 2 is 2.03 bits per heavy atom.